The van der Waals surface area contributed by atoms with Crippen molar-refractivity contribution in [2.75, 3.05) is 5.32 Å². The van der Waals surface area contributed by atoms with Gasteiger partial charge in [0.25, 0.3) is 0 Å². The summed E-state index contributed by atoms with van der Waals surface area (Å²) in [5.74, 6) is -2.78. The number of carboxylic acids is 1. The maximum Gasteiger partial charge on any atom is 0.347 e. The van der Waals surface area contributed by atoms with Crippen molar-refractivity contribution in [2.24, 2.45) is 0 Å². The second-order valence-electron chi connectivity index (χ2n) is 4.08. The number of carboxylic acid groups (broad SMARTS) is 1. The lowest BCUT2D eigenvalue weighted by Gasteiger charge is -2.08. The summed E-state index contributed by atoms with van der Waals surface area (Å²) in [6.07, 6.45) is 2.67. The van der Waals surface area contributed by atoms with Gasteiger partial charge in [-0.15, -0.1) is 0 Å². The lowest BCUT2D eigenvalue weighted by atomic mass is 10.2. The molecule has 0 radical (unpaired) electrons. The Morgan fingerprint density at radius 2 is 2.14 bits per heavy atom. The van der Waals surface area contributed by atoms with Crippen molar-refractivity contribution in [3.8, 4) is 0 Å². The van der Waals surface area contributed by atoms with E-state index in [4.69, 9.17) is 5.11 Å². The molecule has 1 aromatic carbocycles. The molecule has 0 aliphatic carbocycles. The Morgan fingerprint density at radius 1 is 1.38 bits per heavy atom. The first kappa shape index (κ1) is 14.4. The van der Waals surface area contributed by atoms with Crippen LogP contribution in [-0.2, 0) is 11.3 Å². The number of nitrogens with zero attached hydrogens (tertiary/aromatic N) is 2. The Labute approximate surface area is 117 Å². The largest absolute Gasteiger partial charge is 0.478 e. The van der Waals surface area contributed by atoms with Crippen molar-refractivity contribution >= 4 is 17.6 Å². The number of anilines is 1. The van der Waals surface area contributed by atoms with Crippen molar-refractivity contribution in [3.63, 3.8) is 0 Å². The lowest BCUT2D eigenvalue weighted by molar-refractivity contribution is -0.116. The average molecular weight is 291 g/mol. The molecule has 0 saturated carbocycles. The fourth-order valence-corrected chi connectivity index (χ4v) is 1.60. The van der Waals surface area contributed by atoms with Gasteiger partial charge in [0, 0.05) is 12.4 Å². The van der Waals surface area contributed by atoms with Crippen LogP contribution in [-0.4, -0.2) is 26.5 Å². The fraction of sp³-hybridized carbons (Fsp3) is 0.0769. The standard InChI is InChI=1S/C13H10FN3O4/c14-9-6-8(12(19)20)2-3-10(9)16-11(18)7-17-5-1-4-15-13(17)21/h1-6H,7H2,(H,16,18)(H,19,20). The molecule has 0 bridgehead atoms. The number of rotatable bonds is 4. The number of hydrogen-bond acceptors (Lipinski definition) is 4. The van der Waals surface area contributed by atoms with Gasteiger partial charge in [0.05, 0.1) is 11.3 Å². The van der Waals surface area contributed by atoms with Crippen molar-refractivity contribution in [1.29, 1.82) is 0 Å². The first-order chi connectivity index (χ1) is 9.97. The van der Waals surface area contributed by atoms with Gasteiger partial charge < -0.3 is 10.4 Å². The van der Waals surface area contributed by atoms with Crippen LogP contribution in [0.3, 0.4) is 0 Å². The predicted octanol–water partition coefficient (Wildman–Crippen LogP) is 0.719. The van der Waals surface area contributed by atoms with Crippen molar-refractivity contribution in [3.05, 3.63) is 58.5 Å². The van der Waals surface area contributed by atoms with Gasteiger partial charge in [-0.1, -0.05) is 0 Å². The van der Waals surface area contributed by atoms with Crippen LogP contribution in [0.25, 0.3) is 0 Å². The number of aromatic carboxylic acids is 1. The number of halogens is 1. The fourth-order valence-electron chi connectivity index (χ4n) is 1.60. The molecule has 1 heterocycles. The van der Waals surface area contributed by atoms with E-state index in [0.29, 0.717) is 0 Å². The summed E-state index contributed by atoms with van der Waals surface area (Å²) in [7, 11) is 0. The Kier molecular flexibility index (Phi) is 4.07. The van der Waals surface area contributed by atoms with E-state index in [1.165, 1.54) is 18.5 Å². The van der Waals surface area contributed by atoms with Crippen LogP contribution in [0.5, 0.6) is 0 Å². The molecule has 2 rings (SSSR count). The number of amides is 1. The van der Waals surface area contributed by atoms with Crippen LogP contribution >= 0.6 is 0 Å². The van der Waals surface area contributed by atoms with E-state index >= 15 is 0 Å². The third-order valence-electron chi connectivity index (χ3n) is 2.59. The topological polar surface area (TPSA) is 101 Å². The Bertz CT molecular complexity index is 757. The van der Waals surface area contributed by atoms with E-state index in [9.17, 15) is 18.8 Å². The number of carbonyl (C=O) groups is 2. The van der Waals surface area contributed by atoms with Crippen molar-refractivity contribution in [1.82, 2.24) is 9.55 Å². The van der Waals surface area contributed by atoms with Crippen LogP contribution in [0, 0.1) is 5.82 Å². The molecule has 0 unspecified atom stereocenters. The van der Waals surface area contributed by atoms with Crippen LogP contribution in [0.1, 0.15) is 10.4 Å². The summed E-state index contributed by atoms with van der Waals surface area (Å²) in [4.78, 5) is 37.2. The first-order valence-electron chi connectivity index (χ1n) is 5.81. The molecule has 0 saturated heterocycles. The van der Waals surface area contributed by atoms with E-state index < -0.39 is 23.4 Å². The minimum atomic E-state index is -1.27. The molecule has 7 nitrogen and oxygen atoms in total. The zero-order chi connectivity index (χ0) is 15.4. The molecule has 0 aliphatic heterocycles. The smallest absolute Gasteiger partial charge is 0.347 e. The van der Waals surface area contributed by atoms with Crippen LogP contribution in [0.4, 0.5) is 10.1 Å². The van der Waals surface area contributed by atoms with Gasteiger partial charge >= 0.3 is 11.7 Å². The highest BCUT2D eigenvalue weighted by atomic mass is 19.1. The molecule has 8 heteroatoms. The second-order valence-corrected chi connectivity index (χ2v) is 4.08. The Morgan fingerprint density at radius 3 is 2.76 bits per heavy atom. The minimum absolute atomic E-state index is 0.165. The highest BCUT2D eigenvalue weighted by Gasteiger charge is 2.11. The molecule has 108 valence electrons. The summed E-state index contributed by atoms with van der Waals surface area (Å²) >= 11 is 0. The highest BCUT2D eigenvalue weighted by Crippen LogP contribution is 2.15. The van der Waals surface area contributed by atoms with Gasteiger partial charge in [-0.3, -0.25) is 9.36 Å². The van der Waals surface area contributed by atoms with Gasteiger partial charge in [-0.25, -0.2) is 19.0 Å². The monoisotopic (exact) mass is 291 g/mol. The third-order valence-corrected chi connectivity index (χ3v) is 2.59. The van der Waals surface area contributed by atoms with E-state index in [0.717, 1.165) is 22.8 Å². The number of carbonyl (C=O) groups excluding carboxylic acids is 1. The molecule has 2 N–H and O–H groups in total. The molecule has 1 aromatic heterocycles. The van der Waals surface area contributed by atoms with Crippen LogP contribution in [0.15, 0.2) is 41.5 Å². The second kappa shape index (κ2) is 5.95. The van der Waals surface area contributed by atoms with Gasteiger partial charge in [0.15, 0.2) is 0 Å². The van der Waals surface area contributed by atoms with Crippen LogP contribution < -0.4 is 11.0 Å². The molecule has 0 fully saturated rings. The molecule has 21 heavy (non-hydrogen) atoms. The predicted molar refractivity (Wildman–Crippen MR) is 70.5 cm³/mol. The van der Waals surface area contributed by atoms with E-state index in [-0.39, 0.29) is 17.8 Å². The minimum Gasteiger partial charge on any atom is -0.478 e. The maximum atomic E-state index is 13.6. The van der Waals surface area contributed by atoms with Gasteiger partial charge in [0.1, 0.15) is 12.4 Å². The molecule has 0 atom stereocenters. The van der Waals surface area contributed by atoms with Gasteiger partial charge in [0.2, 0.25) is 5.91 Å². The number of aromatic nitrogens is 2. The highest BCUT2D eigenvalue weighted by molar-refractivity contribution is 5.92. The molecule has 0 aliphatic rings. The third kappa shape index (κ3) is 3.50. The number of benzene rings is 1. The van der Waals surface area contributed by atoms with Crippen molar-refractivity contribution < 1.29 is 19.1 Å². The van der Waals surface area contributed by atoms with E-state index in [2.05, 4.69) is 10.3 Å². The maximum absolute atomic E-state index is 13.6. The lowest BCUT2D eigenvalue weighted by Crippen LogP contribution is -2.28. The summed E-state index contributed by atoms with van der Waals surface area (Å²) in [5, 5.41) is 11.0. The first-order valence-corrected chi connectivity index (χ1v) is 5.81. The zero-order valence-corrected chi connectivity index (χ0v) is 10.6. The summed E-state index contributed by atoms with van der Waals surface area (Å²) in [6, 6.07) is 4.59. The van der Waals surface area contributed by atoms with Crippen LogP contribution in [0.2, 0.25) is 0 Å². The molecule has 2 aromatic rings. The van der Waals surface area contributed by atoms with E-state index in [1.807, 2.05) is 0 Å². The summed E-state index contributed by atoms with van der Waals surface area (Å²) in [6.45, 7) is -0.327. The van der Waals surface area contributed by atoms with Gasteiger partial charge in [-0.05, 0) is 24.3 Å². The zero-order valence-electron chi connectivity index (χ0n) is 10.6. The average Bonchev–Trinajstić information content (AvgIpc) is 2.43. The molecular weight excluding hydrogens is 281 g/mol. The summed E-state index contributed by atoms with van der Waals surface area (Å²) < 4.78 is 14.7. The normalized spacial score (nSPS) is 10.1. The van der Waals surface area contributed by atoms with Gasteiger partial charge in [-0.2, -0.15) is 0 Å². The molecule has 0 spiro atoms. The number of nitrogens with one attached hydrogen (secondary N) is 1. The molecular formula is C13H10FN3O4. The quantitative estimate of drug-likeness (QED) is 0.864. The molecule has 1 amide bonds. The Balaban J connectivity index is 2.12. The van der Waals surface area contributed by atoms with E-state index in [1.54, 1.807) is 0 Å². The summed E-state index contributed by atoms with van der Waals surface area (Å²) in [5.41, 5.74) is -0.995. The van der Waals surface area contributed by atoms with Crippen molar-refractivity contribution in [2.45, 2.75) is 6.54 Å². The SMILES string of the molecule is O=C(Cn1cccnc1=O)Nc1ccc(C(=O)O)cc1F. The Hall–Kier alpha value is -3.03. The number of hydrogen-bond donors (Lipinski definition) is 2.